The van der Waals surface area contributed by atoms with Crippen molar-refractivity contribution in [1.29, 1.82) is 0 Å². The molecule has 6 heteroatoms. The maximum absolute atomic E-state index is 11.8. The van der Waals surface area contributed by atoms with Crippen molar-refractivity contribution >= 4 is 23.4 Å². The van der Waals surface area contributed by atoms with E-state index in [9.17, 15) is 14.7 Å². The van der Waals surface area contributed by atoms with Crippen molar-refractivity contribution in [2.24, 2.45) is 5.73 Å². The Balaban J connectivity index is 1.98. The number of aliphatic hydroxyl groups excluding tert-OH is 1. The highest BCUT2D eigenvalue weighted by atomic mass is 35.5. The maximum Gasteiger partial charge on any atom is 0.220 e. The van der Waals surface area contributed by atoms with Gasteiger partial charge in [0, 0.05) is 18.2 Å². The van der Waals surface area contributed by atoms with E-state index in [2.05, 4.69) is 5.32 Å². The third kappa shape index (κ3) is 8.59. The van der Waals surface area contributed by atoms with Gasteiger partial charge in [0.05, 0.1) is 12.1 Å². The zero-order valence-corrected chi connectivity index (χ0v) is 14.0. The number of hydrogen-bond acceptors (Lipinski definition) is 3. The Morgan fingerprint density at radius 3 is 2.23 bits per heavy atom. The Bertz CT molecular complexity index is 352. The molecule has 0 spiro atoms. The first-order valence-corrected chi connectivity index (χ1v) is 8.82. The highest BCUT2D eigenvalue weighted by Crippen LogP contribution is 2.23. The molecule has 0 aromatic rings. The second-order valence-electron chi connectivity index (χ2n) is 6.24. The number of carbonyl (C=O) groups excluding carboxylic acids is 2. The first-order valence-electron chi connectivity index (χ1n) is 8.39. The average molecular weight is 333 g/mol. The minimum absolute atomic E-state index is 0.0193. The summed E-state index contributed by atoms with van der Waals surface area (Å²) in [6, 6.07) is -0.142. The Hall–Kier alpha value is -0.810. The lowest BCUT2D eigenvalue weighted by molar-refractivity contribution is -0.123. The van der Waals surface area contributed by atoms with Gasteiger partial charge in [0.1, 0.15) is 0 Å². The number of halogens is 1. The zero-order valence-electron chi connectivity index (χ0n) is 13.2. The average Bonchev–Trinajstić information content (AvgIpc) is 2.44. The first-order chi connectivity index (χ1) is 10.5. The number of aliphatic hydroxyl groups is 1. The molecule has 0 radical (unpaired) electrons. The molecule has 5 nitrogen and oxygen atoms in total. The SMILES string of the molecule is NC(=O)CCCCCCCCC(=O)NC1CCC(Cl)C[C@H]1O. The number of unbranched alkanes of at least 4 members (excludes halogenated alkanes) is 5. The van der Waals surface area contributed by atoms with Gasteiger partial charge in [-0.3, -0.25) is 9.59 Å². The monoisotopic (exact) mass is 332 g/mol. The first kappa shape index (κ1) is 19.2. The van der Waals surface area contributed by atoms with Crippen LogP contribution in [0.5, 0.6) is 0 Å². The summed E-state index contributed by atoms with van der Waals surface area (Å²) in [7, 11) is 0. The number of nitrogens with one attached hydrogen (secondary N) is 1. The molecule has 128 valence electrons. The number of nitrogens with two attached hydrogens (primary N) is 1. The van der Waals surface area contributed by atoms with E-state index in [1.54, 1.807) is 0 Å². The fourth-order valence-electron chi connectivity index (χ4n) is 2.84. The highest BCUT2D eigenvalue weighted by Gasteiger charge is 2.28. The highest BCUT2D eigenvalue weighted by molar-refractivity contribution is 6.20. The Morgan fingerprint density at radius 1 is 1.05 bits per heavy atom. The van der Waals surface area contributed by atoms with E-state index in [0.29, 0.717) is 19.3 Å². The van der Waals surface area contributed by atoms with Crippen LogP contribution in [0.3, 0.4) is 0 Å². The molecule has 22 heavy (non-hydrogen) atoms. The standard InChI is InChI=1S/C16H29ClN2O3/c17-12-9-10-13(14(20)11-12)19-16(22)8-6-4-2-1-3-5-7-15(18)21/h12-14,20H,1-11H2,(H2,18,21)(H,19,22)/t12?,13?,14-/m1/s1. The second-order valence-corrected chi connectivity index (χ2v) is 6.86. The van der Waals surface area contributed by atoms with Crippen molar-refractivity contribution < 1.29 is 14.7 Å². The summed E-state index contributed by atoms with van der Waals surface area (Å²) in [4.78, 5) is 22.4. The smallest absolute Gasteiger partial charge is 0.220 e. The zero-order chi connectivity index (χ0) is 16.4. The van der Waals surface area contributed by atoms with Crippen LogP contribution in [-0.2, 0) is 9.59 Å². The number of primary amides is 1. The van der Waals surface area contributed by atoms with Crippen LogP contribution < -0.4 is 11.1 Å². The summed E-state index contributed by atoms with van der Waals surface area (Å²) >= 11 is 5.99. The lowest BCUT2D eigenvalue weighted by Gasteiger charge is -2.31. The minimum Gasteiger partial charge on any atom is -0.391 e. The van der Waals surface area contributed by atoms with Crippen LogP contribution in [0.4, 0.5) is 0 Å². The maximum atomic E-state index is 11.8. The van der Waals surface area contributed by atoms with Crippen LogP contribution in [0.15, 0.2) is 0 Å². The van der Waals surface area contributed by atoms with E-state index in [4.69, 9.17) is 17.3 Å². The summed E-state index contributed by atoms with van der Waals surface area (Å²) in [5.41, 5.74) is 5.07. The number of rotatable bonds is 10. The van der Waals surface area contributed by atoms with Crippen LogP contribution in [-0.4, -0.2) is 34.4 Å². The molecule has 3 atom stereocenters. The van der Waals surface area contributed by atoms with Crippen molar-refractivity contribution in [1.82, 2.24) is 5.32 Å². The molecule has 2 amide bonds. The molecule has 0 bridgehead atoms. The quantitative estimate of drug-likeness (QED) is 0.423. The predicted molar refractivity (Wildman–Crippen MR) is 87.6 cm³/mol. The molecule has 1 aliphatic rings. The molecule has 0 aliphatic heterocycles. The van der Waals surface area contributed by atoms with Crippen LogP contribution >= 0.6 is 11.6 Å². The molecular weight excluding hydrogens is 304 g/mol. The third-order valence-electron chi connectivity index (χ3n) is 4.18. The lowest BCUT2D eigenvalue weighted by atomic mass is 9.92. The van der Waals surface area contributed by atoms with E-state index in [1.807, 2.05) is 0 Å². The molecule has 1 saturated carbocycles. The van der Waals surface area contributed by atoms with Crippen molar-refractivity contribution in [3.63, 3.8) is 0 Å². The van der Waals surface area contributed by atoms with Gasteiger partial charge < -0.3 is 16.2 Å². The largest absolute Gasteiger partial charge is 0.391 e. The van der Waals surface area contributed by atoms with Crippen molar-refractivity contribution in [3.8, 4) is 0 Å². The third-order valence-corrected chi connectivity index (χ3v) is 4.57. The van der Waals surface area contributed by atoms with Gasteiger partial charge in [0.25, 0.3) is 0 Å². The van der Waals surface area contributed by atoms with Gasteiger partial charge >= 0.3 is 0 Å². The van der Waals surface area contributed by atoms with Gasteiger partial charge in [0.15, 0.2) is 0 Å². The minimum atomic E-state index is -0.523. The fourth-order valence-corrected chi connectivity index (χ4v) is 3.14. The summed E-state index contributed by atoms with van der Waals surface area (Å²) < 4.78 is 0. The van der Waals surface area contributed by atoms with Gasteiger partial charge in [-0.1, -0.05) is 25.7 Å². The summed E-state index contributed by atoms with van der Waals surface area (Å²) in [6.45, 7) is 0. The topological polar surface area (TPSA) is 92.4 Å². The molecule has 2 unspecified atom stereocenters. The molecule has 4 N–H and O–H groups in total. The number of hydrogen-bond donors (Lipinski definition) is 3. The Labute approximate surface area is 138 Å². The van der Waals surface area contributed by atoms with Crippen molar-refractivity contribution in [2.45, 2.75) is 88.2 Å². The second kappa shape index (κ2) is 10.8. The molecule has 1 aliphatic carbocycles. The summed E-state index contributed by atoms with van der Waals surface area (Å²) in [5.74, 6) is -0.215. The predicted octanol–water partition coefficient (Wildman–Crippen LogP) is 2.23. The molecule has 1 fully saturated rings. The van der Waals surface area contributed by atoms with E-state index < -0.39 is 6.10 Å². The van der Waals surface area contributed by atoms with E-state index in [0.717, 1.165) is 51.4 Å². The van der Waals surface area contributed by atoms with E-state index in [-0.39, 0.29) is 23.2 Å². The molecular formula is C16H29ClN2O3. The van der Waals surface area contributed by atoms with Crippen molar-refractivity contribution in [2.75, 3.05) is 0 Å². The summed E-state index contributed by atoms with van der Waals surface area (Å²) in [5, 5.41) is 12.8. The van der Waals surface area contributed by atoms with Crippen molar-refractivity contribution in [3.05, 3.63) is 0 Å². The molecule has 0 aromatic carbocycles. The molecule has 0 saturated heterocycles. The number of alkyl halides is 1. The van der Waals surface area contributed by atoms with E-state index in [1.165, 1.54) is 0 Å². The van der Waals surface area contributed by atoms with Crippen LogP contribution in [0, 0.1) is 0 Å². The van der Waals surface area contributed by atoms with Gasteiger partial charge in [-0.15, -0.1) is 11.6 Å². The van der Waals surface area contributed by atoms with Crippen LogP contribution in [0.1, 0.15) is 70.6 Å². The fraction of sp³-hybridized carbons (Fsp3) is 0.875. The normalized spacial score (nSPS) is 24.9. The number of carbonyl (C=O) groups is 2. The Morgan fingerprint density at radius 2 is 1.64 bits per heavy atom. The van der Waals surface area contributed by atoms with Crippen LogP contribution in [0.2, 0.25) is 0 Å². The molecule has 0 heterocycles. The van der Waals surface area contributed by atoms with Gasteiger partial charge in [-0.2, -0.15) is 0 Å². The Kier molecular flexibility index (Phi) is 9.48. The lowest BCUT2D eigenvalue weighted by Crippen LogP contribution is -2.47. The molecule has 0 aromatic heterocycles. The van der Waals surface area contributed by atoms with E-state index >= 15 is 0 Å². The number of amides is 2. The summed E-state index contributed by atoms with van der Waals surface area (Å²) in [6.07, 6.45) is 8.51. The van der Waals surface area contributed by atoms with Gasteiger partial charge in [0.2, 0.25) is 11.8 Å². The molecule has 1 rings (SSSR count). The van der Waals surface area contributed by atoms with Gasteiger partial charge in [-0.25, -0.2) is 0 Å². The van der Waals surface area contributed by atoms with Gasteiger partial charge in [-0.05, 0) is 32.1 Å². The van der Waals surface area contributed by atoms with Crippen LogP contribution in [0.25, 0.3) is 0 Å².